The molecular formula is C13H16N4S. The van der Waals surface area contributed by atoms with Gasteiger partial charge >= 0.3 is 0 Å². The number of nitrogens with zero attached hydrogens (tertiary/aromatic N) is 3. The number of aromatic nitrogens is 3. The van der Waals surface area contributed by atoms with Gasteiger partial charge in [0.1, 0.15) is 16.7 Å². The van der Waals surface area contributed by atoms with E-state index in [1.165, 1.54) is 0 Å². The van der Waals surface area contributed by atoms with Gasteiger partial charge in [0.15, 0.2) is 0 Å². The summed E-state index contributed by atoms with van der Waals surface area (Å²) in [6, 6.07) is 3.92. The van der Waals surface area contributed by atoms with E-state index in [4.69, 9.17) is 5.73 Å². The highest BCUT2D eigenvalue weighted by Gasteiger charge is 2.09. The van der Waals surface area contributed by atoms with Gasteiger partial charge in [-0.3, -0.25) is 4.98 Å². The predicted molar refractivity (Wildman–Crippen MR) is 73.5 cm³/mol. The summed E-state index contributed by atoms with van der Waals surface area (Å²) in [5, 5.41) is 0.928. The Labute approximate surface area is 111 Å². The van der Waals surface area contributed by atoms with Crippen LogP contribution in [0.15, 0.2) is 34.4 Å². The van der Waals surface area contributed by atoms with E-state index in [9.17, 15) is 0 Å². The molecule has 0 aliphatic heterocycles. The summed E-state index contributed by atoms with van der Waals surface area (Å²) in [4.78, 5) is 14.0. The molecule has 0 fully saturated rings. The molecule has 0 amide bonds. The lowest BCUT2D eigenvalue weighted by atomic mass is 10.3. The van der Waals surface area contributed by atoms with Gasteiger partial charge < -0.3 is 5.73 Å². The Kier molecular flexibility index (Phi) is 4.15. The summed E-state index contributed by atoms with van der Waals surface area (Å²) in [6.45, 7) is 4.06. The van der Waals surface area contributed by atoms with Crippen molar-refractivity contribution in [3.05, 3.63) is 35.9 Å². The van der Waals surface area contributed by atoms with Crippen molar-refractivity contribution >= 4 is 17.6 Å². The number of hydrogen-bond acceptors (Lipinski definition) is 5. The molecule has 18 heavy (non-hydrogen) atoms. The maximum Gasteiger partial charge on any atom is 0.132 e. The quantitative estimate of drug-likeness (QED) is 0.856. The summed E-state index contributed by atoms with van der Waals surface area (Å²) >= 11 is 1.60. The second-order valence-corrected chi connectivity index (χ2v) is 5.05. The van der Waals surface area contributed by atoms with Gasteiger partial charge in [0.25, 0.3) is 0 Å². The normalized spacial score (nSPS) is 10.6. The molecule has 2 aromatic heterocycles. The van der Waals surface area contributed by atoms with Crippen LogP contribution in [0.5, 0.6) is 0 Å². The van der Waals surface area contributed by atoms with Crippen LogP contribution in [0.1, 0.15) is 24.7 Å². The zero-order chi connectivity index (χ0) is 13.0. The average Bonchev–Trinajstić information content (AvgIpc) is 2.37. The van der Waals surface area contributed by atoms with Crippen LogP contribution in [0.3, 0.4) is 0 Å². The van der Waals surface area contributed by atoms with E-state index in [1.54, 1.807) is 24.2 Å². The van der Waals surface area contributed by atoms with E-state index in [1.807, 2.05) is 19.1 Å². The molecule has 94 valence electrons. The molecule has 0 aliphatic rings. The van der Waals surface area contributed by atoms with E-state index < -0.39 is 0 Å². The van der Waals surface area contributed by atoms with Crippen molar-refractivity contribution < 1.29 is 0 Å². The molecule has 0 atom stereocenters. The molecule has 2 N–H and O–H groups in total. The third-order valence-electron chi connectivity index (χ3n) is 2.52. The maximum atomic E-state index is 5.93. The molecule has 0 spiro atoms. The van der Waals surface area contributed by atoms with Crippen LogP contribution < -0.4 is 5.73 Å². The molecule has 2 heterocycles. The molecule has 0 saturated carbocycles. The minimum atomic E-state index is 0.574. The standard InChI is InChI=1S/C13H16N4S/c1-3-4-11-16-12(14)9(2)13(17-11)18-10-5-7-15-8-6-10/h5-8H,3-4H2,1-2H3,(H2,14,16,17). The van der Waals surface area contributed by atoms with Crippen LogP contribution in [0.25, 0.3) is 0 Å². The number of anilines is 1. The van der Waals surface area contributed by atoms with Crippen molar-refractivity contribution in [2.45, 2.75) is 36.6 Å². The first kappa shape index (κ1) is 12.8. The van der Waals surface area contributed by atoms with E-state index in [-0.39, 0.29) is 0 Å². The van der Waals surface area contributed by atoms with Gasteiger partial charge in [0.2, 0.25) is 0 Å². The lowest BCUT2D eigenvalue weighted by Gasteiger charge is -2.09. The third-order valence-corrected chi connectivity index (χ3v) is 3.62. The van der Waals surface area contributed by atoms with Crippen LogP contribution in [0.2, 0.25) is 0 Å². The molecule has 4 nitrogen and oxygen atoms in total. The van der Waals surface area contributed by atoms with Crippen molar-refractivity contribution in [1.82, 2.24) is 15.0 Å². The average molecular weight is 260 g/mol. The summed E-state index contributed by atoms with van der Waals surface area (Å²) in [6.07, 6.45) is 5.42. The van der Waals surface area contributed by atoms with Crippen molar-refractivity contribution in [2.75, 3.05) is 5.73 Å². The molecule has 0 unspecified atom stereocenters. The van der Waals surface area contributed by atoms with Crippen LogP contribution in [0.4, 0.5) is 5.82 Å². The largest absolute Gasteiger partial charge is 0.383 e. The van der Waals surface area contributed by atoms with Crippen LogP contribution in [-0.2, 0) is 6.42 Å². The molecule has 0 aromatic carbocycles. The lowest BCUT2D eigenvalue weighted by molar-refractivity contribution is 0.805. The fraction of sp³-hybridized carbons (Fsp3) is 0.308. The van der Waals surface area contributed by atoms with E-state index in [2.05, 4.69) is 21.9 Å². The molecule has 0 saturated heterocycles. The molecule has 5 heteroatoms. The highest BCUT2D eigenvalue weighted by molar-refractivity contribution is 7.99. The zero-order valence-corrected chi connectivity index (χ0v) is 11.4. The maximum absolute atomic E-state index is 5.93. The van der Waals surface area contributed by atoms with Crippen LogP contribution in [0, 0.1) is 6.92 Å². The molecule has 2 rings (SSSR count). The van der Waals surface area contributed by atoms with Gasteiger partial charge in [-0.2, -0.15) is 0 Å². The monoisotopic (exact) mass is 260 g/mol. The van der Waals surface area contributed by atoms with E-state index >= 15 is 0 Å². The molecule has 0 bridgehead atoms. The van der Waals surface area contributed by atoms with Gasteiger partial charge in [-0.05, 0) is 25.5 Å². The van der Waals surface area contributed by atoms with Crippen LogP contribution >= 0.6 is 11.8 Å². The van der Waals surface area contributed by atoms with Gasteiger partial charge in [0.05, 0.1) is 0 Å². The number of pyridine rings is 1. The Morgan fingerprint density at radius 2 is 1.94 bits per heavy atom. The summed E-state index contributed by atoms with van der Waals surface area (Å²) < 4.78 is 0. The number of aryl methyl sites for hydroxylation is 1. The summed E-state index contributed by atoms with van der Waals surface area (Å²) in [5.41, 5.74) is 6.87. The Hall–Kier alpha value is -1.62. The Morgan fingerprint density at radius 3 is 2.61 bits per heavy atom. The Morgan fingerprint density at radius 1 is 1.22 bits per heavy atom. The van der Waals surface area contributed by atoms with Crippen LogP contribution in [-0.4, -0.2) is 15.0 Å². The van der Waals surface area contributed by atoms with Gasteiger partial charge in [0, 0.05) is 29.3 Å². The predicted octanol–water partition coefficient (Wildman–Crippen LogP) is 2.87. The fourth-order valence-electron chi connectivity index (χ4n) is 1.51. The van der Waals surface area contributed by atoms with Gasteiger partial charge in [-0.15, -0.1) is 0 Å². The topological polar surface area (TPSA) is 64.7 Å². The SMILES string of the molecule is CCCc1nc(N)c(C)c(Sc2ccncc2)n1. The number of nitrogen functional groups attached to an aromatic ring is 1. The van der Waals surface area contributed by atoms with Gasteiger partial charge in [-0.25, -0.2) is 9.97 Å². The number of hydrogen-bond donors (Lipinski definition) is 1. The van der Waals surface area contributed by atoms with Crippen molar-refractivity contribution in [1.29, 1.82) is 0 Å². The molecule has 0 radical (unpaired) electrons. The summed E-state index contributed by atoms with van der Waals surface area (Å²) in [5.74, 6) is 1.39. The third kappa shape index (κ3) is 2.98. The molecule has 0 aliphatic carbocycles. The van der Waals surface area contributed by atoms with Crippen molar-refractivity contribution in [3.63, 3.8) is 0 Å². The lowest BCUT2D eigenvalue weighted by Crippen LogP contribution is -2.04. The fourth-order valence-corrected chi connectivity index (χ4v) is 2.40. The first-order valence-electron chi connectivity index (χ1n) is 5.91. The number of nitrogens with two attached hydrogens (primary N) is 1. The smallest absolute Gasteiger partial charge is 0.132 e. The minimum absolute atomic E-state index is 0.574. The second-order valence-electron chi connectivity index (χ2n) is 3.99. The highest BCUT2D eigenvalue weighted by atomic mass is 32.2. The first-order valence-corrected chi connectivity index (χ1v) is 6.73. The van der Waals surface area contributed by atoms with E-state index in [0.29, 0.717) is 5.82 Å². The zero-order valence-electron chi connectivity index (χ0n) is 10.6. The minimum Gasteiger partial charge on any atom is -0.383 e. The van der Waals surface area contributed by atoms with E-state index in [0.717, 1.165) is 34.2 Å². The summed E-state index contributed by atoms with van der Waals surface area (Å²) in [7, 11) is 0. The number of rotatable bonds is 4. The first-order chi connectivity index (χ1) is 8.70. The highest BCUT2D eigenvalue weighted by Crippen LogP contribution is 2.30. The Balaban J connectivity index is 2.31. The molecular weight excluding hydrogens is 244 g/mol. The van der Waals surface area contributed by atoms with Gasteiger partial charge in [-0.1, -0.05) is 18.7 Å². The molecule has 2 aromatic rings. The van der Waals surface area contributed by atoms with Crippen molar-refractivity contribution in [2.24, 2.45) is 0 Å². The van der Waals surface area contributed by atoms with Crippen molar-refractivity contribution in [3.8, 4) is 0 Å². The Bertz CT molecular complexity index is 528. The second kappa shape index (κ2) is 5.82.